The molecule has 3 saturated heterocycles. The van der Waals surface area contributed by atoms with Crippen molar-refractivity contribution < 1.29 is 14.0 Å². The second-order valence-corrected chi connectivity index (χ2v) is 6.49. The van der Waals surface area contributed by atoms with Crippen LogP contribution in [-0.4, -0.2) is 47.3 Å². The van der Waals surface area contributed by atoms with Crippen LogP contribution in [0.25, 0.3) is 11.0 Å². The number of rotatable bonds is 3. The minimum Gasteiger partial charge on any atom is -0.462 e. The number of furan rings is 1. The maximum absolute atomic E-state index is 12.6. The average Bonchev–Trinajstić information content (AvgIpc) is 3.00. The van der Waals surface area contributed by atoms with Gasteiger partial charge in [-0.05, 0) is 44.8 Å². The van der Waals surface area contributed by atoms with Crippen molar-refractivity contribution in [3.8, 4) is 0 Å². The van der Waals surface area contributed by atoms with Crippen LogP contribution in [0.2, 0.25) is 0 Å². The lowest BCUT2D eigenvalue weighted by Gasteiger charge is -2.49. The number of piperidine rings is 3. The third-order valence-corrected chi connectivity index (χ3v) is 5.33. The molecular weight excluding hydrogens is 294 g/mol. The highest BCUT2D eigenvalue weighted by molar-refractivity contribution is 6.00. The summed E-state index contributed by atoms with van der Waals surface area (Å²) in [7, 11) is 0. The summed E-state index contributed by atoms with van der Waals surface area (Å²) in [5.74, 6) is 0.359. The minimum absolute atomic E-state index is 0.164. The van der Waals surface area contributed by atoms with Crippen molar-refractivity contribution in [3.63, 3.8) is 0 Å². The van der Waals surface area contributed by atoms with E-state index in [2.05, 4.69) is 22.1 Å². The van der Waals surface area contributed by atoms with E-state index in [9.17, 15) is 9.59 Å². The van der Waals surface area contributed by atoms with Gasteiger partial charge in [0, 0.05) is 17.5 Å². The summed E-state index contributed by atoms with van der Waals surface area (Å²) < 4.78 is 5.25. The van der Waals surface area contributed by atoms with Gasteiger partial charge in [-0.1, -0.05) is 0 Å². The standard InChI is InChI=1S/C17H19N3O3/c1-10-16(11-2-4-20(10)5-3-11)19-17(22)14-6-13-12(8-21)9-23-15(13)7-18-14/h6-11,16H,2-5H2,1H3,(H,19,22)/t10-,16-/m0/s1. The van der Waals surface area contributed by atoms with Crippen LogP contribution in [0.4, 0.5) is 0 Å². The number of carbonyl (C=O) groups is 2. The maximum Gasteiger partial charge on any atom is 0.270 e. The van der Waals surface area contributed by atoms with Crippen molar-refractivity contribution >= 4 is 23.2 Å². The van der Waals surface area contributed by atoms with Crippen molar-refractivity contribution in [1.82, 2.24) is 15.2 Å². The normalized spacial score (nSPS) is 29.6. The van der Waals surface area contributed by atoms with Crippen LogP contribution in [0.3, 0.4) is 0 Å². The summed E-state index contributed by atoms with van der Waals surface area (Å²) in [4.78, 5) is 30.2. The van der Waals surface area contributed by atoms with Gasteiger partial charge >= 0.3 is 0 Å². The smallest absolute Gasteiger partial charge is 0.270 e. The van der Waals surface area contributed by atoms with E-state index < -0.39 is 0 Å². The first-order valence-corrected chi connectivity index (χ1v) is 8.04. The number of nitrogens with one attached hydrogen (secondary N) is 1. The molecule has 23 heavy (non-hydrogen) atoms. The third-order valence-electron chi connectivity index (χ3n) is 5.33. The molecule has 0 spiro atoms. The molecule has 2 bridgehead atoms. The Morgan fingerprint density at radius 3 is 2.91 bits per heavy atom. The lowest BCUT2D eigenvalue weighted by molar-refractivity contribution is 0.0216. The largest absolute Gasteiger partial charge is 0.462 e. The van der Waals surface area contributed by atoms with Gasteiger partial charge in [0.25, 0.3) is 5.91 Å². The van der Waals surface area contributed by atoms with Crippen molar-refractivity contribution in [1.29, 1.82) is 0 Å². The lowest BCUT2D eigenvalue weighted by Crippen LogP contribution is -2.62. The zero-order valence-corrected chi connectivity index (χ0v) is 13.0. The Labute approximate surface area is 133 Å². The Morgan fingerprint density at radius 1 is 1.43 bits per heavy atom. The Hall–Kier alpha value is -2.21. The molecule has 1 amide bonds. The van der Waals surface area contributed by atoms with Crippen LogP contribution >= 0.6 is 0 Å². The highest BCUT2D eigenvalue weighted by Crippen LogP contribution is 2.32. The van der Waals surface area contributed by atoms with E-state index in [0.29, 0.717) is 34.2 Å². The zero-order valence-electron chi connectivity index (χ0n) is 13.0. The Bertz CT molecular complexity index is 760. The molecule has 120 valence electrons. The number of amides is 1. The molecule has 0 aromatic carbocycles. The minimum atomic E-state index is -0.185. The van der Waals surface area contributed by atoms with Gasteiger partial charge in [-0.25, -0.2) is 4.98 Å². The van der Waals surface area contributed by atoms with E-state index in [4.69, 9.17) is 4.42 Å². The zero-order chi connectivity index (χ0) is 16.0. The van der Waals surface area contributed by atoms with Gasteiger partial charge in [0.15, 0.2) is 11.9 Å². The van der Waals surface area contributed by atoms with Crippen LogP contribution in [0, 0.1) is 5.92 Å². The highest BCUT2D eigenvalue weighted by atomic mass is 16.3. The van der Waals surface area contributed by atoms with Crippen molar-refractivity contribution in [2.24, 2.45) is 5.92 Å². The average molecular weight is 313 g/mol. The molecule has 2 aromatic rings. The number of nitrogens with zero attached hydrogens (tertiary/aromatic N) is 2. The topological polar surface area (TPSA) is 75.4 Å². The summed E-state index contributed by atoms with van der Waals surface area (Å²) in [5, 5.41) is 3.78. The van der Waals surface area contributed by atoms with Crippen LogP contribution in [0.15, 0.2) is 22.9 Å². The summed E-state index contributed by atoms with van der Waals surface area (Å²) in [6.07, 6.45) is 5.88. The fourth-order valence-corrected chi connectivity index (χ4v) is 3.94. The second kappa shape index (κ2) is 5.45. The molecule has 0 unspecified atom stereocenters. The molecule has 3 aliphatic rings. The summed E-state index contributed by atoms with van der Waals surface area (Å²) in [6, 6.07) is 2.15. The van der Waals surface area contributed by atoms with Gasteiger partial charge in [-0.3, -0.25) is 14.5 Å². The van der Waals surface area contributed by atoms with Gasteiger partial charge in [0.2, 0.25) is 0 Å². The summed E-state index contributed by atoms with van der Waals surface area (Å²) >= 11 is 0. The molecule has 2 atom stereocenters. The Balaban J connectivity index is 1.58. The van der Waals surface area contributed by atoms with E-state index in [0.717, 1.165) is 32.2 Å². The molecule has 5 rings (SSSR count). The van der Waals surface area contributed by atoms with E-state index in [1.165, 1.54) is 12.5 Å². The van der Waals surface area contributed by atoms with Gasteiger partial charge in [0.1, 0.15) is 12.0 Å². The summed E-state index contributed by atoms with van der Waals surface area (Å²) in [6.45, 7) is 4.42. The van der Waals surface area contributed by atoms with Gasteiger partial charge < -0.3 is 9.73 Å². The van der Waals surface area contributed by atoms with E-state index >= 15 is 0 Å². The molecule has 0 saturated carbocycles. The number of fused-ring (bicyclic) bond motifs is 4. The third kappa shape index (κ3) is 2.34. The van der Waals surface area contributed by atoms with Gasteiger partial charge in [0.05, 0.1) is 11.8 Å². The molecule has 6 nitrogen and oxygen atoms in total. The lowest BCUT2D eigenvalue weighted by atomic mass is 9.79. The first kappa shape index (κ1) is 14.4. The number of carbonyl (C=O) groups excluding carboxylic acids is 2. The molecule has 2 aromatic heterocycles. The van der Waals surface area contributed by atoms with Gasteiger partial charge in [-0.2, -0.15) is 0 Å². The SMILES string of the molecule is C[C@H]1[C@H](NC(=O)c2cc3c(C=O)coc3cn2)C2CCN1CC2. The molecule has 6 heteroatoms. The Kier molecular flexibility index (Phi) is 3.41. The molecule has 1 N–H and O–H groups in total. The molecular formula is C17H19N3O3. The van der Waals surface area contributed by atoms with E-state index in [-0.39, 0.29) is 11.9 Å². The maximum atomic E-state index is 12.6. The Morgan fingerprint density at radius 2 is 2.22 bits per heavy atom. The number of hydrogen-bond acceptors (Lipinski definition) is 5. The predicted octanol–water partition coefficient (Wildman–Crippen LogP) is 1.85. The first-order valence-electron chi connectivity index (χ1n) is 8.04. The first-order chi connectivity index (χ1) is 11.2. The quantitative estimate of drug-likeness (QED) is 0.875. The van der Waals surface area contributed by atoms with Crippen LogP contribution < -0.4 is 5.32 Å². The van der Waals surface area contributed by atoms with Crippen molar-refractivity contribution in [2.75, 3.05) is 13.1 Å². The predicted molar refractivity (Wildman–Crippen MR) is 84.4 cm³/mol. The van der Waals surface area contributed by atoms with E-state index in [1.54, 1.807) is 6.07 Å². The molecule has 5 heterocycles. The molecule has 3 aliphatic heterocycles. The number of aromatic nitrogens is 1. The fourth-order valence-electron chi connectivity index (χ4n) is 3.94. The van der Waals surface area contributed by atoms with Crippen LogP contribution in [0.5, 0.6) is 0 Å². The number of aldehydes is 1. The van der Waals surface area contributed by atoms with Crippen molar-refractivity contribution in [2.45, 2.75) is 31.8 Å². The number of pyridine rings is 1. The summed E-state index contributed by atoms with van der Waals surface area (Å²) in [5.41, 5.74) is 1.28. The highest BCUT2D eigenvalue weighted by Gasteiger charge is 2.40. The van der Waals surface area contributed by atoms with Crippen molar-refractivity contribution in [3.05, 3.63) is 29.8 Å². The van der Waals surface area contributed by atoms with E-state index in [1.807, 2.05) is 0 Å². The molecule has 0 aliphatic carbocycles. The van der Waals surface area contributed by atoms with Crippen LogP contribution in [-0.2, 0) is 0 Å². The second-order valence-electron chi connectivity index (χ2n) is 6.49. The van der Waals surface area contributed by atoms with Gasteiger partial charge in [-0.15, -0.1) is 0 Å². The monoisotopic (exact) mass is 313 g/mol. The fraction of sp³-hybridized carbons (Fsp3) is 0.471. The molecule has 3 fully saturated rings. The van der Waals surface area contributed by atoms with Crippen LogP contribution in [0.1, 0.15) is 40.6 Å². The number of hydrogen-bond donors (Lipinski definition) is 1. The molecule has 0 radical (unpaired) electrons.